The van der Waals surface area contributed by atoms with Gasteiger partial charge in [-0.05, 0) is 61.8 Å². The van der Waals surface area contributed by atoms with Crippen molar-refractivity contribution in [1.29, 1.82) is 0 Å². The van der Waals surface area contributed by atoms with Gasteiger partial charge in [-0.2, -0.15) is 0 Å². The Balaban J connectivity index is 6.11. The topological polar surface area (TPSA) is 90.9 Å². The summed E-state index contributed by atoms with van der Waals surface area (Å²) >= 11 is 0. The van der Waals surface area contributed by atoms with Gasteiger partial charge >= 0.3 is 25.2 Å². The van der Waals surface area contributed by atoms with E-state index in [0.717, 1.165) is 0 Å². The number of rotatable bonds is 22. The predicted molar refractivity (Wildman–Crippen MR) is 130 cm³/mol. The molecule has 1 atom stereocenters. The van der Waals surface area contributed by atoms with Crippen LogP contribution in [0.3, 0.4) is 0 Å². The molecule has 9 nitrogen and oxygen atoms in total. The summed E-state index contributed by atoms with van der Waals surface area (Å²) in [6, 6.07) is 0.792. The Hall–Kier alpha value is 0.344. The summed E-state index contributed by atoms with van der Waals surface area (Å²) in [6.45, 7) is 18.3. The van der Waals surface area contributed by atoms with Crippen molar-refractivity contribution in [2.75, 3.05) is 52.9 Å². The minimum absolute atomic E-state index is 0.269. The lowest BCUT2D eigenvalue weighted by Crippen LogP contribution is -2.50. The molecule has 0 heterocycles. The van der Waals surface area contributed by atoms with Gasteiger partial charge in [0.2, 0.25) is 0 Å². The molecule has 0 amide bonds. The van der Waals surface area contributed by atoms with Gasteiger partial charge in [0.05, 0.1) is 18.9 Å². The summed E-state index contributed by atoms with van der Waals surface area (Å²) in [4.78, 5) is 0. The fourth-order valence-electron chi connectivity index (χ4n) is 3.57. The molecular formula is C20H47O9PSi2. The van der Waals surface area contributed by atoms with Gasteiger partial charge < -0.3 is 35.6 Å². The van der Waals surface area contributed by atoms with Crippen LogP contribution >= 0.6 is 7.60 Å². The molecule has 0 radical (unpaired) electrons. The normalized spacial score (nSPS) is 14.1. The summed E-state index contributed by atoms with van der Waals surface area (Å²) in [5, 5.41) is 0. The Bertz CT molecular complexity index is 469. The lowest BCUT2D eigenvalue weighted by Gasteiger charge is -2.35. The van der Waals surface area contributed by atoms with Crippen molar-refractivity contribution < 1.29 is 40.2 Å². The SMILES string of the molecule is CCO[Si](CCC(C[Si](OCC)(OCC)OCC)P(=O)(OCC)OCC)(OCC)OCC. The van der Waals surface area contributed by atoms with Gasteiger partial charge in [0, 0.05) is 51.7 Å². The second-order valence-corrected chi connectivity index (χ2v) is 14.4. The molecule has 0 rings (SSSR count). The first-order valence-electron chi connectivity index (χ1n) is 12.0. The smallest absolute Gasteiger partial charge is 0.374 e. The molecular weight excluding hydrogens is 471 g/mol. The van der Waals surface area contributed by atoms with E-state index in [2.05, 4.69) is 0 Å². The summed E-state index contributed by atoms with van der Waals surface area (Å²) < 4.78 is 61.5. The van der Waals surface area contributed by atoms with Crippen LogP contribution in [0.15, 0.2) is 0 Å². The van der Waals surface area contributed by atoms with Crippen molar-refractivity contribution >= 4 is 25.2 Å². The highest BCUT2D eigenvalue weighted by Gasteiger charge is 2.51. The number of hydrogen-bond donors (Lipinski definition) is 0. The molecule has 0 saturated carbocycles. The van der Waals surface area contributed by atoms with E-state index < -0.39 is 30.9 Å². The molecule has 1 unspecified atom stereocenters. The quantitative estimate of drug-likeness (QED) is 0.143. The van der Waals surface area contributed by atoms with E-state index in [1.807, 2.05) is 41.5 Å². The van der Waals surface area contributed by atoms with Crippen LogP contribution in [0.5, 0.6) is 0 Å². The molecule has 0 N–H and O–H groups in total. The van der Waals surface area contributed by atoms with E-state index in [1.165, 1.54) is 0 Å². The maximum atomic E-state index is 13.9. The Morgan fingerprint density at radius 1 is 0.562 bits per heavy atom. The highest BCUT2D eigenvalue weighted by molar-refractivity contribution is 7.54. The Morgan fingerprint density at radius 3 is 1.22 bits per heavy atom. The van der Waals surface area contributed by atoms with Crippen LogP contribution in [-0.4, -0.2) is 76.1 Å². The van der Waals surface area contributed by atoms with Crippen molar-refractivity contribution in [2.45, 2.75) is 79.6 Å². The van der Waals surface area contributed by atoms with E-state index in [9.17, 15) is 4.57 Å². The van der Waals surface area contributed by atoms with Crippen molar-refractivity contribution in [3.63, 3.8) is 0 Å². The van der Waals surface area contributed by atoms with Gasteiger partial charge in [-0.3, -0.25) is 4.57 Å². The van der Waals surface area contributed by atoms with Gasteiger partial charge in [-0.15, -0.1) is 0 Å². The van der Waals surface area contributed by atoms with Crippen LogP contribution in [0.1, 0.15) is 61.8 Å². The highest BCUT2D eigenvalue weighted by Crippen LogP contribution is 2.57. The number of hydrogen-bond acceptors (Lipinski definition) is 9. The van der Waals surface area contributed by atoms with Crippen LogP contribution in [0, 0.1) is 0 Å². The zero-order chi connectivity index (χ0) is 24.5. The molecule has 0 fully saturated rings. The van der Waals surface area contributed by atoms with Crippen LogP contribution < -0.4 is 0 Å². The molecule has 0 aromatic rings. The molecule has 0 aliphatic carbocycles. The van der Waals surface area contributed by atoms with Crippen molar-refractivity contribution in [3.05, 3.63) is 0 Å². The van der Waals surface area contributed by atoms with Crippen molar-refractivity contribution in [3.8, 4) is 0 Å². The van der Waals surface area contributed by atoms with E-state index in [-0.39, 0.29) is 13.2 Å². The van der Waals surface area contributed by atoms with Gasteiger partial charge in [0.25, 0.3) is 0 Å². The van der Waals surface area contributed by atoms with Crippen molar-refractivity contribution in [2.24, 2.45) is 0 Å². The van der Waals surface area contributed by atoms with Gasteiger partial charge in [-0.1, -0.05) is 0 Å². The van der Waals surface area contributed by atoms with Gasteiger partial charge in [0.1, 0.15) is 0 Å². The Morgan fingerprint density at radius 2 is 0.906 bits per heavy atom. The molecule has 0 saturated heterocycles. The molecule has 12 heteroatoms. The van der Waals surface area contributed by atoms with Crippen LogP contribution in [0.2, 0.25) is 12.1 Å². The lowest BCUT2D eigenvalue weighted by molar-refractivity contribution is 0.0654. The first kappa shape index (κ1) is 32.3. The van der Waals surface area contributed by atoms with E-state index >= 15 is 0 Å². The van der Waals surface area contributed by atoms with Gasteiger partial charge in [0.15, 0.2) is 0 Å². The van der Waals surface area contributed by atoms with Crippen molar-refractivity contribution in [1.82, 2.24) is 0 Å². The first-order chi connectivity index (χ1) is 15.3. The molecule has 0 bridgehead atoms. The second kappa shape index (κ2) is 17.7. The first-order valence-corrected chi connectivity index (χ1v) is 17.5. The largest absolute Gasteiger partial charge is 0.501 e. The zero-order valence-corrected chi connectivity index (χ0v) is 24.4. The summed E-state index contributed by atoms with van der Waals surface area (Å²) in [5.74, 6) is 0. The third-order valence-electron chi connectivity index (χ3n) is 4.52. The summed E-state index contributed by atoms with van der Waals surface area (Å²) in [7, 11) is -9.56. The zero-order valence-electron chi connectivity index (χ0n) is 21.5. The third kappa shape index (κ3) is 10.7. The summed E-state index contributed by atoms with van der Waals surface area (Å²) in [6.07, 6.45) is 0.450. The molecule has 0 aliphatic rings. The standard InChI is InChI=1S/C20H47O9PSi2/c1-9-22-30(21,23-10-2)20(19-32(27-14-6,28-15-7)29-16-8)17-18-31(24-11-3,25-12-4)26-13-5/h20H,9-19H2,1-8H3. The molecule has 0 aliphatic heterocycles. The average molecular weight is 519 g/mol. The van der Waals surface area contributed by atoms with E-state index in [1.54, 1.807) is 13.8 Å². The van der Waals surface area contributed by atoms with E-state index in [0.29, 0.717) is 58.2 Å². The molecule has 0 spiro atoms. The fraction of sp³-hybridized carbons (Fsp3) is 1.00. The van der Waals surface area contributed by atoms with Crippen LogP contribution in [0.4, 0.5) is 0 Å². The minimum atomic E-state index is -3.49. The van der Waals surface area contributed by atoms with Crippen LogP contribution in [0.25, 0.3) is 0 Å². The lowest BCUT2D eigenvalue weighted by atomic mass is 10.4. The summed E-state index contributed by atoms with van der Waals surface area (Å²) in [5.41, 5.74) is -0.507. The van der Waals surface area contributed by atoms with Gasteiger partial charge in [-0.25, -0.2) is 0 Å². The maximum absolute atomic E-state index is 13.9. The maximum Gasteiger partial charge on any atom is 0.501 e. The average Bonchev–Trinajstić information content (AvgIpc) is 2.72. The minimum Gasteiger partial charge on any atom is -0.374 e. The van der Waals surface area contributed by atoms with E-state index in [4.69, 9.17) is 35.6 Å². The predicted octanol–water partition coefficient (Wildman–Crippen LogP) is 5.11. The second-order valence-electron chi connectivity index (χ2n) is 6.74. The Labute approximate surface area is 198 Å². The van der Waals surface area contributed by atoms with Crippen LogP contribution in [-0.2, 0) is 40.2 Å². The third-order valence-corrected chi connectivity index (χ3v) is 13.7. The highest BCUT2D eigenvalue weighted by atomic mass is 31.2. The molecule has 0 aromatic carbocycles. The fourth-order valence-corrected chi connectivity index (χ4v) is 12.5. The molecule has 0 aromatic heterocycles. The Kier molecular flexibility index (Phi) is 17.9. The molecule has 194 valence electrons. The molecule has 32 heavy (non-hydrogen) atoms. The monoisotopic (exact) mass is 518 g/mol.